The van der Waals surface area contributed by atoms with Crippen molar-refractivity contribution in [1.82, 2.24) is 10.1 Å². The van der Waals surface area contributed by atoms with Crippen molar-refractivity contribution in [3.05, 3.63) is 28.5 Å². The molecule has 0 aliphatic rings. The van der Waals surface area contributed by atoms with Crippen LogP contribution in [0.15, 0.2) is 27.2 Å². The van der Waals surface area contributed by atoms with Crippen molar-refractivity contribution in [2.24, 2.45) is 0 Å². The van der Waals surface area contributed by atoms with Crippen LogP contribution in [-0.2, 0) is 4.74 Å². The van der Waals surface area contributed by atoms with Gasteiger partial charge in [-0.1, -0.05) is 5.16 Å². The molecule has 0 saturated carbocycles. The van der Waals surface area contributed by atoms with Gasteiger partial charge in [-0.25, -0.2) is 0 Å². The lowest BCUT2D eigenvalue weighted by atomic mass is 10.2. The van der Waals surface area contributed by atoms with E-state index in [1.807, 2.05) is 19.1 Å². The molecule has 2 rings (SSSR count). The minimum atomic E-state index is -0.194. The van der Waals surface area contributed by atoms with Crippen LogP contribution in [0.4, 0.5) is 5.69 Å². The molecule has 1 heterocycles. The van der Waals surface area contributed by atoms with E-state index >= 15 is 0 Å². The van der Waals surface area contributed by atoms with Crippen LogP contribution in [0.25, 0.3) is 11.5 Å². The van der Waals surface area contributed by atoms with E-state index in [-0.39, 0.29) is 6.10 Å². The van der Waals surface area contributed by atoms with Gasteiger partial charge in [-0.2, -0.15) is 4.98 Å². The molecule has 1 aromatic heterocycles. The number of nitrogens with zero attached hydrogens (tertiary/aromatic N) is 2. The fourth-order valence-corrected chi connectivity index (χ4v) is 1.55. The quantitative estimate of drug-likeness (QED) is 0.882. The maximum atomic E-state index is 5.79. The molecule has 1 unspecified atom stereocenters. The summed E-state index contributed by atoms with van der Waals surface area (Å²) in [7, 11) is 1.60. The van der Waals surface area contributed by atoms with Gasteiger partial charge in [0, 0.05) is 22.8 Å². The van der Waals surface area contributed by atoms with Crippen molar-refractivity contribution in [2.45, 2.75) is 13.0 Å². The topological polar surface area (TPSA) is 74.2 Å². The molecule has 0 spiro atoms. The Hall–Kier alpha value is -1.40. The standard InChI is InChI=1S/C11H12BrN3O2/c1-6(16-2)10-14-11(17-15-10)7-3-4-8(12)9(13)5-7/h3-6H,13H2,1-2H3. The van der Waals surface area contributed by atoms with E-state index in [0.29, 0.717) is 17.4 Å². The molecule has 17 heavy (non-hydrogen) atoms. The fourth-order valence-electron chi connectivity index (χ4n) is 1.30. The number of ether oxygens (including phenoxy) is 1. The Bertz CT molecular complexity index is 527. The Morgan fingerprint density at radius 3 is 2.88 bits per heavy atom. The minimum absolute atomic E-state index is 0.194. The molecule has 0 fully saturated rings. The van der Waals surface area contributed by atoms with Crippen LogP contribution >= 0.6 is 15.9 Å². The molecule has 0 aliphatic heterocycles. The predicted molar refractivity (Wildman–Crippen MR) is 67.3 cm³/mol. The molecular weight excluding hydrogens is 286 g/mol. The zero-order valence-electron chi connectivity index (χ0n) is 9.48. The van der Waals surface area contributed by atoms with Crippen LogP contribution in [0.3, 0.4) is 0 Å². The van der Waals surface area contributed by atoms with Crippen molar-refractivity contribution >= 4 is 21.6 Å². The second-order valence-electron chi connectivity index (χ2n) is 3.57. The monoisotopic (exact) mass is 297 g/mol. The third kappa shape index (κ3) is 2.48. The summed E-state index contributed by atoms with van der Waals surface area (Å²) in [6.45, 7) is 1.85. The number of aromatic nitrogens is 2. The van der Waals surface area contributed by atoms with Crippen LogP contribution in [-0.4, -0.2) is 17.3 Å². The first kappa shape index (κ1) is 12.1. The third-order valence-corrected chi connectivity index (χ3v) is 3.12. The van der Waals surface area contributed by atoms with E-state index in [0.717, 1.165) is 10.0 Å². The van der Waals surface area contributed by atoms with Crippen LogP contribution in [0.5, 0.6) is 0 Å². The zero-order valence-corrected chi connectivity index (χ0v) is 11.1. The molecule has 1 atom stereocenters. The molecule has 0 saturated heterocycles. The molecule has 0 amide bonds. The summed E-state index contributed by atoms with van der Waals surface area (Å²) in [5.41, 5.74) is 7.20. The summed E-state index contributed by atoms with van der Waals surface area (Å²) < 4.78 is 11.1. The van der Waals surface area contributed by atoms with Gasteiger partial charge in [0.25, 0.3) is 5.89 Å². The number of anilines is 1. The summed E-state index contributed by atoms with van der Waals surface area (Å²) in [4.78, 5) is 4.25. The smallest absolute Gasteiger partial charge is 0.258 e. The van der Waals surface area contributed by atoms with Gasteiger partial charge in [-0.15, -0.1) is 0 Å². The summed E-state index contributed by atoms with van der Waals surface area (Å²) in [5.74, 6) is 0.951. The van der Waals surface area contributed by atoms with Crippen molar-refractivity contribution < 1.29 is 9.26 Å². The first-order valence-corrected chi connectivity index (χ1v) is 5.83. The molecule has 0 aliphatic carbocycles. The van der Waals surface area contributed by atoms with E-state index in [1.165, 1.54) is 0 Å². The fraction of sp³-hybridized carbons (Fsp3) is 0.273. The summed E-state index contributed by atoms with van der Waals surface area (Å²) >= 11 is 3.33. The molecule has 2 aromatic rings. The number of methoxy groups -OCH3 is 1. The van der Waals surface area contributed by atoms with E-state index in [4.69, 9.17) is 15.0 Å². The van der Waals surface area contributed by atoms with Crippen LogP contribution in [0.1, 0.15) is 18.9 Å². The highest BCUT2D eigenvalue weighted by atomic mass is 79.9. The van der Waals surface area contributed by atoms with E-state index < -0.39 is 0 Å². The van der Waals surface area contributed by atoms with Crippen molar-refractivity contribution in [3.8, 4) is 11.5 Å². The third-order valence-electron chi connectivity index (χ3n) is 2.40. The lowest BCUT2D eigenvalue weighted by Gasteiger charge is -2.01. The molecule has 0 radical (unpaired) electrons. The molecule has 90 valence electrons. The molecular formula is C11H12BrN3O2. The van der Waals surface area contributed by atoms with E-state index in [9.17, 15) is 0 Å². The second-order valence-corrected chi connectivity index (χ2v) is 4.43. The number of halogens is 1. The molecule has 2 N–H and O–H groups in total. The second kappa shape index (κ2) is 4.85. The number of nitrogens with two attached hydrogens (primary N) is 1. The van der Waals surface area contributed by atoms with Crippen LogP contribution in [0, 0.1) is 0 Å². The Labute approximate surface area is 107 Å². The largest absolute Gasteiger partial charge is 0.398 e. The average molecular weight is 298 g/mol. The predicted octanol–water partition coefficient (Wildman–Crippen LogP) is 2.79. The number of hydrogen-bond donors (Lipinski definition) is 1. The lowest BCUT2D eigenvalue weighted by molar-refractivity contribution is 0.109. The number of benzene rings is 1. The van der Waals surface area contributed by atoms with E-state index in [2.05, 4.69) is 26.1 Å². The highest BCUT2D eigenvalue weighted by molar-refractivity contribution is 9.10. The van der Waals surface area contributed by atoms with Crippen molar-refractivity contribution in [3.63, 3.8) is 0 Å². The van der Waals surface area contributed by atoms with Gasteiger partial charge in [0.1, 0.15) is 6.10 Å². The Morgan fingerprint density at radius 2 is 2.24 bits per heavy atom. The van der Waals surface area contributed by atoms with Crippen LogP contribution in [0.2, 0.25) is 0 Å². The number of nitrogen functional groups attached to an aromatic ring is 1. The van der Waals surface area contributed by atoms with Crippen molar-refractivity contribution in [2.75, 3.05) is 12.8 Å². The maximum Gasteiger partial charge on any atom is 0.258 e. The molecule has 1 aromatic carbocycles. The minimum Gasteiger partial charge on any atom is -0.398 e. The highest BCUT2D eigenvalue weighted by Gasteiger charge is 2.14. The first-order chi connectivity index (χ1) is 8.11. The van der Waals surface area contributed by atoms with Crippen LogP contribution < -0.4 is 5.73 Å². The summed E-state index contributed by atoms with van der Waals surface area (Å²) in [5, 5.41) is 3.85. The summed E-state index contributed by atoms with van der Waals surface area (Å²) in [6.07, 6.45) is -0.194. The van der Waals surface area contributed by atoms with Gasteiger partial charge >= 0.3 is 0 Å². The maximum absolute atomic E-state index is 5.79. The number of rotatable bonds is 3. The summed E-state index contributed by atoms with van der Waals surface area (Å²) in [6, 6.07) is 5.47. The lowest BCUT2D eigenvalue weighted by Crippen LogP contribution is -1.97. The number of hydrogen-bond acceptors (Lipinski definition) is 5. The highest BCUT2D eigenvalue weighted by Crippen LogP contribution is 2.26. The van der Waals surface area contributed by atoms with E-state index in [1.54, 1.807) is 13.2 Å². The Balaban J connectivity index is 2.33. The first-order valence-electron chi connectivity index (χ1n) is 5.03. The van der Waals surface area contributed by atoms with Gasteiger partial charge in [0.15, 0.2) is 0 Å². The van der Waals surface area contributed by atoms with Gasteiger partial charge in [-0.3, -0.25) is 0 Å². The Morgan fingerprint density at radius 1 is 1.47 bits per heavy atom. The molecule has 5 nitrogen and oxygen atoms in total. The normalized spacial score (nSPS) is 12.6. The van der Waals surface area contributed by atoms with Gasteiger partial charge < -0.3 is 15.0 Å². The van der Waals surface area contributed by atoms with Gasteiger partial charge in [-0.05, 0) is 41.1 Å². The zero-order chi connectivity index (χ0) is 12.4. The SMILES string of the molecule is COC(C)c1noc(-c2ccc(Br)c(N)c2)n1. The van der Waals surface area contributed by atoms with Crippen molar-refractivity contribution in [1.29, 1.82) is 0 Å². The molecule has 6 heteroatoms. The average Bonchev–Trinajstić information content (AvgIpc) is 2.81. The Kier molecular flexibility index (Phi) is 3.44. The van der Waals surface area contributed by atoms with Gasteiger partial charge in [0.05, 0.1) is 0 Å². The molecule has 0 bridgehead atoms. The van der Waals surface area contributed by atoms with Gasteiger partial charge in [0.2, 0.25) is 5.82 Å².